The van der Waals surface area contributed by atoms with Crippen LogP contribution in [0.1, 0.15) is 35.7 Å². The van der Waals surface area contributed by atoms with Crippen LogP contribution in [0.15, 0.2) is 23.1 Å². The maximum absolute atomic E-state index is 16.3. The molecule has 4 unspecified atom stereocenters. The van der Waals surface area contributed by atoms with Crippen LogP contribution in [0.25, 0.3) is 22.0 Å². The summed E-state index contributed by atoms with van der Waals surface area (Å²) < 4.78 is 74.5. The van der Waals surface area contributed by atoms with Crippen molar-refractivity contribution in [1.82, 2.24) is 15.3 Å². The summed E-state index contributed by atoms with van der Waals surface area (Å²) in [4.78, 5) is 10.5. The van der Waals surface area contributed by atoms with Crippen molar-refractivity contribution in [3.63, 3.8) is 0 Å². The molecule has 0 spiro atoms. The van der Waals surface area contributed by atoms with Crippen LogP contribution in [0.5, 0.6) is 0 Å². The van der Waals surface area contributed by atoms with Gasteiger partial charge < -0.3 is 16.0 Å². The number of anilines is 1. The zero-order valence-corrected chi connectivity index (χ0v) is 20.4. The molecule has 6 rings (SSSR count). The van der Waals surface area contributed by atoms with Crippen LogP contribution < -0.4 is 16.0 Å². The molecular formula is C25H21F5N6S. The molecule has 2 saturated heterocycles. The number of alkyl halides is 3. The number of aryl methyl sites for hydroxylation is 1. The SMILES string of the molecule is Cc1nc(N2CC3CCC(C2)N3)c2cc(C(F)(F)F)c(-c3ccc(F)c4c3C(C#N)C(N)S4)c(F)c2n1. The van der Waals surface area contributed by atoms with Gasteiger partial charge in [0, 0.05) is 41.0 Å². The number of benzene rings is 2. The first kappa shape index (κ1) is 24.3. The van der Waals surface area contributed by atoms with Crippen molar-refractivity contribution in [2.75, 3.05) is 18.0 Å². The highest BCUT2D eigenvalue weighted by atomic mass is 32.2. The Balaban J connectivity index is 1.64. The number of nitrogens with two attached hydrogens (primary N) is 1. The van der Waals surface area contributed by atoms with Crippen LogP contribution in [-0.2, 0) is 6.18 Å². The van der Waals surface area contributed by atoms with Crippen molar-refractivity contribution >= 4 is 28.5 Å². The molecule has 2 aromatic carbocycles. The summed E-state index contributed by atoms with van der Waals surface area (Å²) in [7, 11) is 0. The van der Waals surface area contributed by atoms with Crippen LogP contribution >= 0.6 is 11.8 Å². The summed E-state index contributed by atoms with van der Waals surface area (Å²) in [5, 5.41) is 12.2. The van der Waals surface area contributed by atoms with Gasteiger partial charge in [-0.25, -0.2) is 18.7 Å². The van der Waals surface area contributed by atoms with Crippen LogP contribution in [0, 0.1) is 29.9 Å². The van der Waals surface area contributed by atoms with E-state index in [2.05, 4.69) is 15.3 Å². The van der Waals surface area contributed by atoms with E-state index in [-0.39, 0.29) is 50.7 Å². The van der Waals surface area contributed by atoms with Crippen LogP contribution in [0.2, 0.25) is 0 Å². The van der Waals surface area contributed by atoms with Crippen molar-refractivity contribution < 1.29 is 22.0 Å². The number of thioether (sulfide) groups is 1. The highest BCUT2D eigenvalue weighted by Crippen LogP contribution is 2.51. The van der Waals surface area contributed by atoms with Crippen LogP contribution in [-0.4, -0.2) is 40.5 Å². The second-order valence-corrected chi connectivity index (χ2v) is 10.9. The first-order valence-corrected chi connectivity index (χ1v) is 12.7. The molecule has 12 heteroatoms. The maximum atomic E-state index is 16.3. The predicted molar refractivity (Wildman–Crippen MR) is 129 cm³/mol. The van der Waals surface area contributed by atoms with E-state index in [1.807, 2.05) is 11.0 Å². The first-order valence-electron chi connectivity index (χ1n) is 11.8. The molecule has 37 heavy (non-hydrogen) atoms. The van der Waals surface area contributed by atoms with Crippen molar-refractivity contribution in [1.29, 1.82) is 5.26 Å². The van der Waals surface area contributed by atoms with Crippen molar-refractivity contribution in [3.05, 3.63) is 46.8 Å². The van der Waals surface area contributed by atoms with Gasteiger partial charge >= 0.3 is 6.18 Å². The number of halogens is 5. The van der Waals surface area contributed by atoms with E-state index >= 15 is 4.39 Å². The second kappa shape index (κ2) is 8.51. The van der Waals surface area contributed by atoms with E-state index in [0.717, 1.165) is 42.8 Å². The molecule has 4 atom stereocenters. The van der Waals surface area contributed by atoms with Crippen molar-refractivity contribution in [3.8, 4) is 17.2 Å². The number of nitrogens with zero attached hydrogens (tertiary/aromatic N) is 4. The van der Waals surface area contributed by atoms with E-state index in [1.54, 1.807) is 6.92 Å². The predicted octanol–water partition coefficient (Wildman–Crippen LogP) is 4.84. The number of rotatable bonds is 2. The Hall–Kier alpha value is -3.01. The fourth-order valence-electron chi connectivity index (χ4n) is 5.74. The zero-order chi connectivity index (χ0) is 26.2. The largest absolute Gasteiger partial charge is 0.417 e. The van der Waals surface area contributed by atoms with E-state index in [0.29, 0.717) is 13.1 Å². The number of hydrogen-bond acceptors (Lipinski definition) is 7. The fourth-order valence-corrected chi connectivity index (χ4v) is 6.89. The summed E-state index contributed by atoms with van der Waals surface area (Å²) in [5.74, 6) is -2.55. The molecule has 0 saturated carbocycles. The van der Waals surface area contributed by atoms with Gasteiger partial charge in [0.1, 0.15) is 23.0 Å². The lowest BCUT2D eigenvalue weighted by Crippen LogP contribution is -2.51. The minimum Gasteiger partial charge on any atom is -0.353 e. The third kappa shape index (κ3) is 3.83. The molecule has 0 radical (unpaired) electrons. The number of fused-ring (bicyclic) bond motifs is 4. The molecule has 4 heterocycles. The lowest BCUT2D eigenvalue weighted by molar-refractivity contribution is -0.137. The highest BCUT2D eigenvalue weighted by Gasteiger charge is 2.42. The second-order valence-electron chi connectivity index (χ2n) is 9.67. The molecule has 3 N–H and O–H groups in total. The molecule has 3 aliphatic rings. The fraction of sp³-hybridized carbons (Fsp3) is 0.400. The molecule has 2 bridgehead atoms. The summed E-state index contributed by atoms with van der Waals surface area (Å²) in [6.45, 7) is 2.64. The molecule has 1 aromatic heterocycles. The van der Waals surface area contributed by atoms with Gasteiger partial charge in [-0.3, -0.25) is 0 Å². The van der Waals surface area contributed by atoms with Crippen molar-refractivity contribution in [2.45, 2.75) is 54.2 Å². The summed E-state index contributed by atoms with van der Waals surface area (Å²) in [6, 6.07) is 5.25. The molecule has 192 valence electrons. The van der Waals surface area contributed by atoms with Crippen molar-refractivity contribution in [2.24, 2.45) is 5.73 Å². The maximum Gasteiger partial charge on any atom is 0.417 e. The third-order valence-electron chi connectivity index (χ3n) is 7.29. The van der Waals surface area contributed by atoms with E-state index in [4.69, 9.17) is 5.73 Å². The number of aromatic nitrogens is 2. The summed E-state index contributed by atoms with van der Waals surface area (Å²) in [6.07, 6.45) is -3.05. The van der Waals surface area contributed by atoms with Crippen LogP contribution in [0.3, 0.4) is 0 Å². The average molecular weight is 533 g/mol. The Morgan fingerprint density at radius 3 is 2.51 bits per heavy atom. The molecule has 2 fully saturated rings. The van der Waals surface area contributed by atoms with Gasteiger partial charge in [0.2, 0.25) is 0 Å². The Labute approximate surface area is 213 Å². The summed E-state index contributed by atoms with van der Waals surface area (Å²) >= 11 is 0.850. The Morgan fingerprint density at radius 1 is 1.16 bits per heavy atom. The lowest BCUT2D eigenvalue weighted by atomic mass is 9.87. The van der Waals surface area contributed by atoms with Gasteiger partial charge in [-0.2, -0.15) is 18.4 Å². The Bertz CT molecular complexity index is 1470. The minimum absolute atomic E-state index is 0.0339. The molecule has 6 nitrogen and oxygen atoms in total. The quantitative estimate of drug-likeness (QED) is 0.457. The van der Waals surface area contributed by atoms with E-state index in [1.165, 1.54) is 0 Å². The van der Waals surface area contributed by atoms with Gasteiger partial charge in [0.25, 0.3) is 0 Å². The van der Waals surface area contributed by atoms with Gasteiger partial charge in [-0.05, 0) is 43.0 Å². The van der Waals surface area contributed by atoms with E-state index in [9.17, 15) is 22.8 Å². The number of piperazine rings is 1. The van der Waals surface area contributed by atoms with Gasteiger partial charge in [0.05, 0.1) is 22.9 Å². The number of hydrogen-bond donors (Lipinski definition) is 2. The molecule has 3 aromatic rings. The van der Waals surface area contributed by atoms with Crippen LogP contribution in [0.4, 0.5) is 27.8 Å². The van der Waals surface area contributed by atoms with E-state index < -0.39 is 40.2 Å². The number of nitriles is 1. The average Bonchev–Trinajstić information content (AvgIpc) is 3.36. The highest BCUT2D eigenvalue weighted by molar-refractivity contribution is 8.00. The lowest BCUT2D eigenvalue weighted by Gasteiger charge is -2.34. The minimum atomic E-state index is -4.95. The van der Waals surface area contributed by atoms with Gasteiger partial charge in [-0.1, -0.05) is 6.07 Å². The third-order valence-corrected chi connectivity index (χ3v) is 8.49. The molecule has 3 aliphatic heterocycles. The topological polar surface area (TPSA) is 90.9 Å². The molecular weight excluding hydrogens is 511 g/mol. The number of nitrogens with one attached hydrogen (secondary N) is 1. The Morgan fingerprint density at radius 2 is 1.86 bits per heavy atom. The standard InChI is InChI=1S/C25H21F5N6S/c1-10-33-21-14(24(34-10)36-8-11-2-3-12(9-36)35-11)6-16(25(28,29)30)19(20(21)27)13-4-5-17(26)22-18(13)15(7-31)23(32)37-22/h4-6,11-12,15,23,35H,2-3,8-9,32H2,1H3. The monoisotopic (exact) mass is 532 g/mol. The Kier molecular flexibility index (Phi) is 5.60. The van der Waals surface area contributed by atoms with Gasteiger partial charge in [0.15, 0.2) is 5.82 Å². The van der Waals surface area contributed by atoms with Gasteiger partial charge in [-0.15, -0.1) is 11.8 Å². The summed E-state index contributed by atoms with van der Waals surface area (Å²) in [5.41, 5.74) is 3.48. The zero-order valence-electron chi connectivity index (χ0n) is 19.5. The normalized spacial score (nSPS) is 25.0. The molecule has 0 aliphatic carbocycles. The smallest absolute Gasteiger partial charge is 0.353 e. The first-order chi connectivity index (χ1) is 17.6. The molecule has 0 amide bonds.